The molecule has 3 rings (SSSR count). The summed E-state index contributed by atoms with van der Waals surface area (Å²) in [6, 6.07) is 8.00. The summed E-state index contributed by atoms with van der Waals surface area (Å²) in [4.78, 5) is 13.3. The molecule has 0 fully saturated rings. The maximum absolute atomic E-state index is 11.7. The number of anilines is 1. The number of hydrogen-bond donors (Lipinski definition) is 2. The minimum atomic E-state index is -0.0673. The highest BCUT2D eigenvalue weighted by Gasteiger charge is 2.22. The molecule has 0 saturated heterocycles. The van der Waals surface area contributed by atoms with Gasteiger partial charge in [-0.2, -0.15) is 0 Å². The Morgan fingerprint density at radius 3 is 2.86 bits per heavy atom. The summed E-state index contributed by atoms with van der Waals surface area (Å²) >= 11 is 0. The molecule has 1 aromatic heterocycles. The molecule has 0 aliphatic carbocycles. The number of hydrogen-bond acceptors (Lipinski definition) is 3. The van der Waals surface area contributed by atoms with Gasteiger partial charge in [0.05, 0.1) is 12.3 Å². The number of fused-ring (bicyclic) bond motifs is 1. The van der Waals surface area contributed by atoms with Gasteiger partial charge >= 0.3 is 6.03 Å². The highest BCUT2D eigenvalue weighted by Crippen LogP contribution is 2.30. The average molecular weight is 285 g/mol. The van der Waals surface area contributed by atoms with Gasteiger partial charge < -0.3 is 20.0 Å². The molecule has 0 spiro atoms. The van der Waals surface area contributed by atoms with E-state index in [0.717, 1.165) is 28.1 Å². The number of carbonyl (C=O) groups excluding carboxylic acids is 1. The second-order valence-electron chi connectivity index (χ2n) is 5.39. The Hall–Kier alpha value is -2.27. The largest absolute Gasteiger partial charge is 0.467 e. The first kappa shape index (κ1) is 13.7. The van der Waals surface area contributed by atoms with E-state index in [1.807, 2.05) is 32.2 Å². The zero-order valence-corrected chi connectivity index (χ0v) is 12.4. The molecule has 0 bridgehead atoms. The highest BCUT2D eigenvalue weighted by atomic mass is 16.3. The van der Waals surface area contributed by atoms with Crippen LogP contribution in [0.2, 0.25) is 0 Å². The number of nitrogens with one attached hydrogen (secondary N) is 2. The van der Waals surface area contributed by atoms with E-state index < -0.39 is 0 Å². The van der Waals surface area contributed by atoms with Crippen LogP contribution in [0.15, 0.2) is 34.9 Å². The summed E-state index contributed by atoms with van der Waals surface area (Å²) in [5.74, 6) is 0.922. The first-order valence-corrected chi connectivity index (χ1v) is 6.96. The molecule has 2 N–H and O–H groups in total. The van der Waals surface area contributed by atoms with Gasteiger partial charge in [-0.3, -0.25) is 0 Å². The molecular weight excluding hydrogens is 266 g/mol. The molecule has 1 aliphatic heterocycles. The van der Waals surface area contributed by atoms with Crippen molar-refractivity contribution in [3.05, 3.63) is 53.0 Å². The van der Waals surface area contributed by atoms with Crippen LogP contribution in [0.4, 0.5) is 10.5 Å². The van der Waals surface area contributed by atoms with Crippen molar-refractivity contribution < 1.29 is 9.21 Å². The van der Waals surface area contributed by atoms with Gasteiger partial charge in [0.15, 0.2) is 0 Å². The van der Waals surface area contributed by atoms with Crippen LogP contribution in [0, 0.1) is 6.92 Å². The number of carbonyl (C=O) groups is 1. The maximum atomic E-state index is 11.7. The monoisotopic (exact) mass is 285 g/mol. The third kappa shape index (κ3) is 2.40. The highest BCUT2D eigenvalue weighted by molar-refractivity contribution is 5.92. The van der Waals surface area contributed by atoms with Crippen molar-refractivity contribution >= 4 is 11.7 Å². The number of furan rings is 1. The molecule has 2 amide bonds. The van der Waals surface area contributed by atoms with Crippen LogP contribution >= 0.6 is 0 Å². The van der Waals surface area contributed by atoms with Crippen molar-refractivity contribution in [2.75, 3.05) is 19.4 Å². The lowest BCUT2D eigenvalue weighted by Crippen LogP contribution is -2.35. The summed E-state index contributed by atoms with van der Waals surface area (Å²) in [6.45, 7) is 2.65. The third-order valence-electron chi connectivity index (χ3n) is 3.91. The summed E-state index contributed by atoms with van der Waals surface area (Å²) in [5, 5.41) is 6.18. The standard InChI is InChI=1S/C16H19N3O2/c1-10-6-7-21-15(10)14(17-2)11-4-5-13-12(8-11)9-19(3)16(20)18-13/h4-8,14,17H,9H2,1-3H3,(H,18,20). The van der Waals surface area contributed by atoms with Crippen LogP contribution in [-0.4, -0.2) is 25.0 Å². The van der Waals surface area contributed by atoms with Gasteiger partial charge in [0.2, 0.25) is 0 Å². The van der Waals surface area contributed by atoms with Crippen molar-refractivity contribution in [1.82, 2.24) is 10.2 Å². The average Bonchev–Trinajstić information content (AvgIpc) is 2.88. The second kappa shape index (κ2) is 5.26. The fourth-order valence-corrected chi connectivity index (χ4v) is 2.71. The van der Waals surface area contributed by atoms with Gasteiger partial charge in [-0.05, 0) is 48.9 Å². The first-order chi connectivity index (χ1) is 10.1. The van der Waals surface area contributed by atoms with Gasteiger partial charge in [0.25, 0.3) is 0 Å². The fraction of sp³-hybridized carbons (Fsp3) is 0.312. The van der Waals surface area contributed by atoms with Gasteiger partial charge in [-0.25, -0.2) is 4.79 Å². The topological polar surface area (TPSA) is 57.5 Å². The van der Waals surface area contributed by atoms with E-state index in [2.05, 4.69) is 16.7 Å². The van der Waals surface area contributed by atoms with Gasteiger partial charge in [0.1, 0.15) is 5.76 Å². The van der Waals surface area contributed by atoms with Crippen molar-refractivity contribution in [2.45, 2.75) is 19.5 Å². The van der Waals surface area contributed by atoms with Crippen LogP contribution in [0.3, 0.4) is 0 Å². The smallest absolute Gasteiger partial charge is 0.321 e. The number of urea groups is 1. The van der Waals surface area contributed by atoms with Crippen LogP contribution in [-0.2, 0) is 6.54 Å². The Morgan fingerprint density at radius 2 is 2.19 bits per heavy atom. The van der Waals surface area contributed by atoms with Crippen LogP contribution in [0.25, 0.3) is 0 Å². The summed E-state index contributed by atoms with van der Waals surface area (Å²) in [6.07, 6.45) is 1.71. The molecule has 21 heavy (non-hydrogen) atoms. The molecule has 1 unspecified atom stereocenters. The quantitative estimate of drug-likeness (QED) is 0.911. The minimum Gasteiger partial charge on any atom is -0.467 e. The van der Waals surface area contributed by atoms with Crippen molar-refractivity contribution in [2.24, 2.45) is 0 Å². The Bertz CT molecular complexity index is 678. The molecule has 5 nitrogen and oxygen atoms in total. The number of amides is 2. The number of benzene rings is 1. The van der Waals surface area contributed by atoms with Crippen LogP contribution in [0.5, 0.6) is 0 Å². The molecule has 110 valence electrons. The number of aryl methyl sites for hydroxylation is 1. The van der Waals surface area contributed by atoms with Gasteiger partial charge in [0, 0.05) is 19.3 Å². The Labute approximate surface area is 123 Å². The van der Waals surface area contributed by atoms with E-state index in [-0.39, 0.29) is 12.1 Å². The molecule has 2 heterocycles. The molecule has 0 saturated carbocycles. The van der Waals surface area contributed by atoms with E-state index in [0.29, 0.717) is 6.54 Å². The molecule has 5 heteroatoms. The third-order valence-corrected chi connectivity index (χ3v) is 3.91. The predicted octanol–water partition coefficient (Wildman–Crippen LogP) is 2.87. The zero-order valence-electron chi connectivity index (χ0n) is 12.4. The van der Waals surface area contributed by atoms with Crippen molar-refractivity contribution in [3.8, 4) is 0 Å². The zero-order chi connectivity index (χ0) is 15.0. The molecule has 1 aromatic carbocycles. The summed E-state index contributed by atoms with van der Waals surface area (Å²) in [7, 11) is 3.71. The Morgan fingerprint density at radius 1 is 1.38 bits per heavy atom. The van der Waals surface area contributed by atoms with Gasteiger partial charge in [-0.15, -0.1) is 0 Å². The van der Waals surface area contributed by atoms with Crippen molar-refractivity contribution in [1.29, 1.82) is 0 Å². The maximum Gasteiger partial charge on any atom is 0.321 e. The Kier molecular flexibility index (Phi) is 3.43. The lowest BCUT2D eigenvalue weighted by molar-refractivity contribution is 0.218. The SMILES string of the molecule is CNC(c1ccc2c(c1)CN(C)C(=O)N2)c1occc1C. The fourth-order valence-electron chi connectivity index (χ4n) is 2.71. The van der Waals surface area contributed by atoms with E-state index in [9.17, 15) is 4.79 Å². The number of rotatable bonds is 3. The molecule has 2 aromatic rings. The predicted molar refractivity (Wildman–Crippen MR) is 81.3 cm³/mol. The van der Waals surface area contributed by atoms with Crippen molar-refractivity contribution in [3.63, 3.8) is 0 Å². The van der Waals surface area contributed by atoms with E-state index in [1.54, 1.807) is 18.2 Å². The lowest BCUT2D eigenvalue weighted by Gasteiger charge is -2.27. The molecule has 0 radical (unpaired) electrons. The Balaban J connectivity index is 1.98. The van der Waals surface area contributed by atoms with Gasteiger partial charge in [-0.1, -0.05) is 6.07 Å². The second-order valence-corrected chi connectivity index (χ2v) is 5.39. The lowest BCUT2D eigenvalue weighted by atomic mass is 9.98. The van der Waals surface area contributed by atoms with E-state index >= 15 is 0 Å². The van der Waals surface area contributed by atoms with Crippen LogP contribution < -0.4 is 10.6 Å². The number of nitrogens with zero attached hydrogens (tertiary/aromatic N) is 1. The van der Waals surface area contributed by atoms with E-state index in [4.69, 9.17) is 4.42 Å². The molecule has 1 atom stereocenters. The normalized spacial score (nSPS) is 15.6. The minimum absolute atomic E-state index is 0.00762. The van der Waals surface area contributed by atoms with E-state index in [1.165, 1.54) is 0 Å². The summed E-state index contributed by atoms with van der Waals surface area (Å²) in [5.41, 5.74) is 4.24. The van der Waals surface area contributed by atoms with Crippen LogP contribution in [0.1, 0.15) is 28.5 Å². The first-order valence-electron chi connectivity index (χ1n) is 6.96. The molecule has 1 aliphatic rings. The summed E-state index contributed by atoms with van der Waals surface area (Å²) < 4.78 is 5.61. The molecular formula is C16H19N3O2.